The van der Waals surface area contributed by atoms with Gasteiger partial charge in [-0.1, -0.05) is 60.1 Å². The van der Waals surface area contributed by atoms with Crippen molar-refractivity contribution in [2.24, 2.45) is 0 Å². The Balaban J connectivity index is 1.72. The first-order chi connectivity index (χ1) is 13.6. The summed E-state index contributed by atoms with van der Waals surface area (Å²) in [5.41, 5.74) is 3.47. The Morgan fingerprint density at radius 3 is 2.29 bits per heavy atom. The van der Waals surface area contributed by atoms with Crippen molar-refractivity contribution in [2.45, 2.75) is 0 Å². The summed E-state index contributed by atoms with van der Waals surface area (Å²) >= 11 is 6.16. The molecule has 3 rings (SSSR count). The number of hydrogen-bond acceptors (Lipinski definition) is 4. The average molecular weight is 397 g/mol. The van der Waals surface area contributed by atoms with Crippen LogP contribution in [0.3, 0.4) is 0 Å². The summed E-state index contributed by atoms with van der Waals surface area (Å²) < 4.78 is 10.5. The largest absolute Gasteiger partial charge is 0.495 e. The number of ether oxygens (including phenoxy) is 2. The number of para-hydroxylation sites is 1. The molecule has 0 unspecified atom stereocenters. The van der Waals surface area contributed by atoms with Crippen molar-refractivity contribution in [2.75, 3.05) is 31.4 Å². The smallest absolute Gasteiger partial charge is 0.243 e. The Morgan fingerprint density at radius 2 is 1.57 bits per heavy atom. The molecule has 3 aromatic carbocycles. The summed E-state index contributed by atoms with van der Waals surface area (Å²) in [7, 11) is 3.04. The summed E-state index contributed by atoms with van der Waals surface area (Å²) in [5.74, 6) is 0.730. The van der Waals surface area contributed by atoms with Gasteiger partial charge in [0.25, 0.3) is 0 Å². The van der Waals surface area contributed by atoms with Gasteiger partial charge in [0.05, 0.1) is 31.5 Å². The molecule has 0 radical (unpaired) electrons. The lowest BCUT2D eigenvalue weighted by atomic mass is 10.0. The van der Waals surface area contributed by atoms with Crippen LogP contribution in [-0.4, -0.2) is 26.7 Å². The van der Waals surface area contributed by atoms with Crippen LogP contribution in [0.2, 0.25) is 5.02 Å². The van der Waals surface area contributed by atoms with Gasteiger partial charge in [-0.2, -0.15) is 0 Å². The van der Waals surface area contributed by atoms with E-state index in [-0.39, 0.29) is 12.5 Å². The highest BCUT2D eigenvalue weighted by Gasteiger charge is 2.13. The van der Waals surface area contributed by atoms with Gasteiger partial charge in [0.1, 0.15) is 11.5 Å². The summed E-state index contributed by atoms with van der Waals surface area (Å²) in [5, 5.41) is 6.40. The zero-order valence-electron chi connectivity index (χ0n) is 15.7. The first-order valence-corrected chi connectivity index (χ1v) is 9.10. The third kappa shape index (κ3) is 4.56. The van der Waals surface area contributed by atoms with E-state index in [4.69, 9.17) is 21.1 Å². The molecule has 0 aliphatic heterocycles. The van der Waals surface area contributed by atoms with Crippen LogP contribution in [0, 0.1) is 0 Å². The van der Waals surface area contributed by atoms with Crippen LogP contribution < -0.4 is 20.1 Å². The van der Waals surface area contributed by atoms with Crippen LogP contribution in [0.15, 0.2) is 66.7 Å². The number of methoxy groups -OCH3 is 2. The second-order valence-corrected chi connectivity index (χ2v) is 6.41. The maximum absolute atomic E-state index is 12.5. The van der Waals surface area contributed by atoms with Crippen molar-refractivity contribution in [3.8, 4) is 22.6 Å². The molecule has 0 saturated carbocycles. The zero-order valence-corrected chi connectivity index (χ0v) is 16.4. The molecule has 2 N–H and O–H groups in total. The predicted molar refractivity (Wildman–Crippen MR) is 114 cm³/mol. The maximum atomic E-state index is 12.5. The number of carbonyl (C=O) groups excluding carboxylic acids is 1. The first-order valence-electron chi connectivity index (χ1n) is 8.72. The number of anilines is 2. The molecule has 0 aliphatic carbocycles. The molecule has 3 aromatic rings. The molecule has 144 valence electrons. The number of carbonyl (C=O) groups is 1. The quantitative estimate of drug-likeness (QED) is 0.585. The molecular weight excluding hydrogens is 376 g/mol. The van der Waals surface area contributed by atoms with Gasteiger partial charge in [-0.15, -0.1) is 0 Å². The number of halogens is 1. The van der Waals surface area contributed by atoms with Gasteiger partial charge in [0.15, 0.2) is 0 Å². The second kappa shape index (κ2) is 9.15. The lowest BCUT2D eigenvalue weighted by Gasteiger charge is -2.15. The Labute approximate surface area is 169 Å². The second-order valence-electron chi connectivity index (χ2n) is 6.00. The number of amides is 1. The Hall–Kier alpha value is -3.18. The predicted octanol–water partition coefficient (Wildman–Crippen LogP) is 5.07. The van der Waals surface area contributed by atoms with Crippen LogP contribution in [0.1, 0.15) is 0 Å². The summed E-state index contributed by atoms with van der Waals surface area (Å²) in [6, 6.07) is 21.1. The minimum atomic E-state index is -0.220. The summed E-state index contributed by atoms with van der Waals surface area (Å²) in [4.78, 5) is 12.5. The monoisotopic (exact) mass is 396 g/mol. The van der Waals surface area contributed by atoms with E-state index in [1.807, 2.05) is 54.6 Å². The van der Waals surface area contributed by atoms with E-state index in [2.05, 4.69) is 10.6 Å². The third-order valence-electron chi connectivity index (χ3n) is 4.20. The van der Waals surface area contributed by atoms with E-state index >= 15 is 0 Å². The molecule has 0 fully saturated rings. The molecule has 0 atom stereocenters. The molecule has 0 aliphatic rings. The molecule has 0 bridgehead atoms. The van der Waals surface area contributed by atoms with E-state index in [1.54, 1.807) is 12.1 Å². The fourth-order valence-electron chi connectivity index (χ4n) is 2.83. The van der Waals surface area contributed by atoms with Crippen LogP contribution in [-0.2, 0) is 4.79 Å². The highest BCUT2D eigenvalue weighted by molar-refractivity contribution is 6.32. The minimum Gasteiger partial charge on any atom is -0.495 e. The van der Waals surface area contributed by atoms with Crippen LogP contribution in [0.5, 0.6) is 11.5 Å². The molecule has 0 saturated heterocycles. The first kappa shape index (κ1) is 19.6. The van der Waals surface area contributed by atoms with Crippen molar-refractivity contribution >= 4 is 28.9 Å². The van der Waals surface area contributed by atoms with Crippen LogP contribution in [0.25, 0.3) is 11.1 Å². The highest BCUT2D eigenvalue weighted by atomic mass is 35.5. The van der Waals surface area contributed by atoms with E-state index in [0.29, 0.717) is 22.2 Å². The molecule has 28 heavy (non-hydrogen) atoms. The SMILES string of the molecule is COc1cc(OC)c(NC(=O)CNc2ccccc2-c2ccccc2)cc1Cl. The lowest BCUT2D eigenvalue weighted by Crippen LogP contribution is -2.22. The normalized spacial score (nSPS) is 10.2. The molecule has 0 aromatic heterocycles. The van der Waals surface area contributed by atoms with E-state index in [1.165, 1.54) is 14.2 Å². The van der Waals surface area contributed by atoms with Gasteiger partial charge in [0, 0.05) is 17.3 Å². The van der Waals surface area contributed by atoms with Gasteiger partial charge >= 0.3 is 0 Å². The highest BCUT2D eigenvalue weighted by Crippen LogP contribution is 2.36. The standard InChI is InChI=1S/C22H21ClN2O3/c1-27-20-13-21(28-2)19(12-17(20)23)25-22(26)14-24-18-11-7-6-10-16(18)15-8-4-3-5-9-15/h3-13,24H,14H2,1-2H3,(H,25,26). The lowest BCUT2D eigenvalue weighted by molar-refractivity contribution is -0.114. The molecule has 0 heterocycles. The van der Waals surface area contributed by atoms with Gasteiger partial charge in [-0.25, -0.2) is 0 Å². The molecule has 1 amide bonds. The fourth-order valence-corrected chi connectivity index (χ4v) is 3.08. The number of hydrogen-bond donors (Lipinski definition) is 2. The minimum absolute atomic E-state index is 0.0939. The molecular formula is C22H21ClN2O3. The average Bonchev–Trinajstić information content (AvgIpc) is 2.73. The van der Waals surface area contributed by atoms with Gasteiger partial charge in [0.2, 0.25) is 5.91 Å². The van der Waals surface area contributed by atoms with Gasteiger partial charge in [-0.05, 0) is 17.7 Å². The van der Waals surface area contributed by atoms with Gasteiger partial charge in [-0.3, -0.25) is 4.79 Å². The van der Waals surface area contributed by atoms with E-state index < -0.39 is 0 Å². The van der Waals surface area contributed by atoms with Crippen molar-refractivity contribution in [3.05, 3.63) is 71.8 Å². The van der Waals surface area contributed by atoms with Crippen LogP contribution in [0.4, 0.5) is 11.4 Å². The molecule has 5 nitrogen and oxygen atoms in total. The zero-order chi connectivity index (χ0) is 19.9. The summed E-state index contributed by atoms with van der Waals surface area (Å²) in [6.07, 6.45) is 0. The van der Waals surface area contributed by atoms with Crippen molar-refractivity contribution in [1.82, 2.24) is 0 Å². The maximum Gasteiger partial charge on any atom is 0.243 e. The van der Waals surface area contributed by atoms with Crippen molar-refractivity contribution in [1.29, 1.82) is 0 Å². The fraction of sp³-hybridized carbons (Fsp3) is 0.136. The van der Waals surface area contributed by atoms with E-state index in [0.717, 1.165) is 16.8 Å². The van der Waals surface area contributed by atoms with Gasteiger partial charge < -0.3 is 20.1 Å². The molecule has 6 heteroatoms. The topological polar surface area (TPSA) is 59.6 Å². The van der Waals surface area contributed by atoms with Crippen molar-refractivity contribution in [3.63, 3.8) is 0 Å². The number of rotatable bonds is 7. The van der Waals surface area contributed by atoms with Crippen molar-refractivity contribution < 1.29 is 14.3 Å². The Kier molecular flexibility index (Phi) is 6.40. The summed E-state index contributed by atoms with van der Waals surface area (Å²) in [6.45, 7) is 0.0939. The van der Waals surface area contributed by atoms with E-state index in [9.17, 15) is 4.79 Å². The number of nitrogens with one attached hydrogen (secondary N) is 2. The Morgan fingerprint density at radius 1 is 0.893 bits per heavy atom. The number of benzene rings is 3. The Bertz CT molecular complexity index is 961. The van der Waals surface area contributed by atoms with Crippen LogP contribution >= 0.6 is 11.6 Å². The third-order valence-corrected chi connectivity index (χ3v) is 4.49. The molecule has 0 spiro atoms.